The molecule has 1 atom stereocenters. The summed E-state index contributed by atoms with van der Waals surface area (Å²) in [4.78, 5) is 5.32. The van der Waals surface area contributed by atoms with Crippen LogP contribution < -0.4 is 0 Å². The summed E-state index contributed by atoms with van der Waals surface area (Å²) >= 11 is 0. The second kappa shape index (κ2) is 7.81. The average Bonchev–Trinajstić information content (AvgIpc) is 2.99. The molecule has 1 aromatic heterocycles. The van der Waals surface area contributed by atoms with E-state index in [1.165, 1.54) is 61.8 Å². The Balaban J connectivity index is 1.74. The zero-order chi connectivity index (χ0) is 19.9. The Morgan fingerprint density at radius 2 is 1.86 bits per heavy atom. The minimum atomic E-state index is -3.20. The van der Waals surface area contributed by atoms with Gasteiger partial charge in [-0.15, -0.1) is 0 Å². The van der Waals surface area contributed by atoms with Crippen molar-refractivity contribution >= 4 is 20.7 Å². The lowest BCUT2D eigenvalue weighted by Gasteiger charge is -2.30. The second-order valence-corrected chi connectivity index (χ2v) is 10.8. The summed E-state index contributed by atoms with van der Waals surface area (Å²) < 4.78 is 26.8. The highest BCUT2D eigenvalue weighted by molar-refractivity contribution is 7.90. The molecule has 0 bridgehead atoms. The fraction of sp³-hybridized carbons (Fsp3) is 0.636. The lowest BCUT2D eigenvalue weighted by atomic mass is 9.91. The van der Waals surface area contributed by atoms with Gasteiger partial charge in [-0.05, 0) is 83.1 Å². The third-order valence-electron chi connectivity index (χ3n) is 6.66. The zero-order valence-electron chi connectivity index (χ0n) is 17.4. The van der Waals surface area contributed by atoms with E-state index in [4.69, 9.17) is 0 Å². The molecule has 0 radical (unpaired) electrons. The van der Waals surface area contributed by atoms with Gasteiger partial charge in [-0.3, -0.25) is 0 Å². The summed E-state index contributed by atoms with van der Waals surface area (Å²) in [5.74, 6) is 0. The highest BCUT2D eigenvalue weighted by atomic mass is 32.2. The summed E-state index contributed by atoms with van der Waals surface area (Å²) in [6.07, 6.45) is 8.53. The van der Waals surface area contributed by atoms with E-state index in [1.807, 2.05) is 12.1 Å². The monoisotopic (exact) mass is 403 g/mol. The predicted molar refractivity (Wildman–Crippen MR) is 115 cm³/mol. The van der Waals surface area contributed by atoms with Gasteiger partial charge in [0, 0.05) is 42.0 Å². The Kier molecular flexibility index (Phi) is 5.55. The normalized spacial score (nSPS) is 21.4. The molecule has 5 nitrogen and oxygen atoms in total. The molecule has 0 spiro atoms. The second-order valence-electron chi connectivity index (χ2n) is 8.79. The molecule has 1 fully saturated rings. The largest absolute Gasteiger partial charge is 0.343 e. The number of fused-ring (bicyclic) bond motifs is 3. The third-order valence-corrected chi connectivity index (χ3v) is 7.77. The van der Waals surface area contributed by atoms with Crippen molar-refractivity contribution in [2.24, 2.45) is 0 Å². The molecule has 2 aliphatic rings. The Morgan fingerprint density at radius 3 is 2.54 bits per heavy atom. The minimum Gasteiger partial charge on any atom is -0.343 e. The molecule has 4 rings (SSSR count). The summed E-state index contributed by atoms with van der Waals surface area (Å²) in [5.41, 5.74) is 3.99. The molecule has 1 unspecified atom stereocenters. The van der Waals surface area contributed by atoms with E-state index in [0.29, 0.717) is 10.9 Å². The first kappa shape index (κ1) is 19.9. The van der Waals surface area contributed by atoms with Crippen LogP contribution in [0.15, 0.2) is 23.1 Å². The van der Waals surface area contributed by atoms with Crippen molar-refractivity contribution in [3.05, 3.63) is 29.5 Å². The number of piperidine rings is 1. The van der Waals surface area contributed by atoms with Gasteiger partial charge in [0.2, 0.25) is 0 Å². The van der Waals surface area contributed by atoms with Gasteiger partial charge < -0.3 is 14.4 Å². The Labute approximate surface area is 169 Å². The van der Waals surface area contributed by atoms with Gasteiger partial charge >= 0.3 is 0 Å². The van der Waals surface area contributed by atoms with Gasteiger partial charge in [0.15, 0.2) is 9.84 Å². The Hall–Kier alpha value is -1.37. The number of likely N-dealkylation sites (N-methyl/N-ethyl adjacent to an activating group) is 1. The predicted octanol–water partition coefficient (Wildman–Crippen LogP) is 2.95. The highest BCUT2D eigenvalue weighted by Gasteiger charge is 2.27. The van der Waals surface area contributed by atoms with Gasteiger partial charge in [0.25, 0.3) is 0 Å². The Bertz CT molecular complexity index is 956. The maximum absolute atomic E-state index is 12.1. The van der Waals surface area contributed by atoms with Crippen molar-refractivity contribution < 1.29 is 8.42 Å². The maximum atomic E-state index is 12.1. The molecular formula is C22H33N3O2S. The summed E-state index contributed by atoms with van der Waals surface area (Å²) in [6, 6.07) is 6.25. The number of rotatable bonds is 5. The first-order valence-electron chi connectivity index (χ1n) is 10.6. The highest BCUT2D eigenvalue weighted by Crippen LogP contribution is 2.34. The van der Waals surface area contributed by atoms with Gasteiger partial charge in [-0.25, -0.2) is 8.42 Å². The molecule has 0 saturated carbocycles. The van der Waals surface area contributed by atoms with Crippen LogP contribution in [0.4, 0.5) is 0 Å². The molecule has 154 valence electrons. The zero-order valence-corrected chi connectivity index (χ0v) is 18.3. The van der Waals surface area contributed by atoms with Crippen LogP contribution in [0.2, 0.25) is 0 Å². The number of sulfone groups is 1. The number of aromatic nitrogens is 1. The smallest absolute Gasteiger partial charge is 0.175 e. The molecule has 6 heteroatoms. The fourth-order valence-corrected chi connectivity index (χ4v) is 5.61. The lowest BCUT2D eigenvalue weighted by Crippen LogP contribution is -2.35. The van der Waals surface area contributed by atoms with Crippen LogP contribution in [0.3, 0.4) is 0 Å². The third kappa shape index (κ3) is 3.87. The van der Waals surface area contributed by atoms with E-state index in [9.17, 15) is 8.42 Å². The lowest BCUT2D eigenvalue weighted by molar-refractivity contribution is 0.220. The van der Waals surface area contributed by atoms with E-state index in [1.54, 1.807) is 6.07 Å². The number of benzene rings is 1. The first-order chi connectivity index (χ1) is 13.3. The minimum absolute atomic E-state index is 0.433. The van der Waals surface area contributed by atoms with E-state index < -0.39 is 9.84 Å². The molecule has 1 aliphatic heterocycles. The molecular weight excluding hydrogens is 370 g/mol. The number of hydrogen-bond donors (Lipinski definition) is 0. The van der Waals surface area contributed by atoms with Crippen LogP contribution in [0.5, 0.6) is 0 Å². The standard InChI is InChI=1S/C22H33N3O2S/c1-23(2)17-7-9-21-19(15-17)20-16-18(28(3,26)27)8-10-22(20)25(21)14-13-24-11-5-4-6-12-24/h8,10,16-17H,4-7,9,11-15H2,1-3H3. The van der Waals surface area contributed by atoms with E-state index >= 15 is 0 Å². The van der Waals surface area contributed by atoms with Crippen LogP contribution >= 0.6 is 0 Å². The number of hydrogen-bond acceptors (Lipinski definition) is 4. The van der Waals surface area contributed by atoms with Gasteiger partial charge in [-0.1, -0.05) is 6.42 Å². The molecule has 0 N–H and O–H groups in total. The van der Waals surface area contributed by atoms with Crippen LogP contribution in [-0.2, 0) is 29.2 Å². The van der Waals surface area contributed by atoms with E-state index in [2.05, 4.69) is 28.5 Å². The van der Waals surface area contributed by atoms with E-state index in [-0.39, 0.29) is 0 Å². The SMILES string of the molecule is CN(C)C1CCc2c(c3cc(S(C)(=O)=O)ccc3n2CCN2CCCCC2)C1. The van der Waals surface area contributed by atoms with Crippen molar-refractivity contribution in [1.29, 1.82) is 0 Å². The van der Waals surface area contributed by atoms with Crippen molar-refractivity contribution in [2.45, 2.75) is 56.0 Å². The molecule has 2 heterocycles. The quantitative estimate of drug-likeness (QED) is 0.770. The van der Waals surface area contributed by atoms with Gasteiger partial charge in [0.1, 0.15) is 0 Å². The topological polar surface area (TPSA) is 45.6 Å². The van der Waals surface area contributed by atoms with Crippen molar-refractivity contribution in [3.8, 4) is 0 Å². The van der Waals surface area contributed by atoms with Gasteiger partial charge in [0.05, 0.1) is 4.90 Å². The molecule has 28 heavy (non-hydrogen) atoms. The fourth-order valence-electron chi connectivity index (χ4n) is 4.96. The molecule has 1 aliphatic carbocycles. The molecule has 1 saturated heterocycles. The van der Waals surface area contributed by atoms with Crippen molar-refractivity contribution in [2.75, 3.05) is 40.0 Å². The van der Waals surface area contributed by atoms with Crippen molar-refractivity contribution in [3.63, 3.8) is 0 Å². The maximum Gasteiger partial charge on any atom is 0.175 e. The molecule has 0 amide bonds. The van der Waals surface area contributed by atoms with E-state index in [0.717, 1.165) is 31.3 Å². The van der Waals surface area contributed by atoms with Crippen LogP contribution in [0.25, 0.3) is 10.9 Å². The molecule has 2 aromatic rings. The summed E-state index contributed by atoms with van der Waals surface area (Å²) in [6.45, 7) is 4.50. The number of likely N-dealkylation sites (tertiary alicyclic amines) is 1. The van der Waals surface area contributed by atoms with Gasteiger partial charge in [-0.2, -0.15) is 0 Å². The van der Waals surface area contributed by atoms with Crippen molar-refractivity contribution in [1.82, 2.24) is 14.4 Å². The summed E-state index contributed by atoms with van der Waals surface area (Å²) in [5, 5.41) is 1.14. The summed E-state index contributed by atoms with van der Waals surface area (Å²) in [7, 11) is 1.09. The van der Waals surface area contributed by atoms with Crippen LogP contribution in [0, 0.1) is 0 Å². The number of nitrogens with zero attached hydrogens (tertiary/aromatic N) is 3. The van der Waals surface area contributed by atoms with Crippen LogP contribution in [-0.4, -0.2) is 68.8 Å². The Morgan fingerprint density at radius 1 is 1.11 bits per heavy atom. The average molecular weight is 404 g/mol. The van der Waals surface area contributed by atoms with Crippen LogP contribution in [0.1, 0.15) is 36.9 Å². The first-order valence-corrected chi connectivity index (χ1v) is 12.5. The molecule has 1 aromatic carbocycles.